The molecule has 0 saturated heterocycles. The zero-order valence-electron chi connectivity index (χ0n) is 11.5. The molecule has 0 fully saturated rings. The molecule has 0 radical (unpaired) electrons. The molecule has 0 saturated carbocycles. The normalized spacial score (nSPS) is 12.2. The maximum atomic E-state index is 6.23. The lowest BCUT2D eigenvalue weighted by Crippen LogP contribution is -2.07. The first-order chi connectivity index (χ1) is 9.60. The summed E-state index contributed by atoms with van der Waals surface area (Å²) in [5.41, 5.74) is 3.19. The molecule has 1 atom stereocenters. The summed E-state index contributed by atoms with van der Waals surface area (Å²) in [6.07, 6.45) is 0. The number of ether oxygens (including phenoxy) is 1. The summed E-state index contributed by atoms with van der Waals surface area (Å²) in [7, 11) is 1.69. The van der Waals surface area contributed by atoms with Crippen molar-refractivity contribution in [2.24, 2.45) is 0 Å². The van der Waals surface area contributed by atoms with E-state index >= 15 is 0 Å². The van der Waals surface area contributed by atoms with E-state index in [0.717, 1.165) is 16.8 Å². The van der Waals surface area contributed by atoms with Crippen molar-refractivity contribution in [3.05, 3.63) is 63.6 Å². The average Bonchev–Trinajstić information content (AvgIpc) is 2.39. The van der Waals surface area contributed by atoms with Crippen molar-refractivity contribution in [3.63, 3.8) is 0 Å². The number of anilines is 1. The van der Waals surface area contributed by atoms with Gasteiger partial charge in [0.05, 0.1) is 6.61 Å². The van der Waals surface area contributed by atoms with Crippen LogP contribution in [0.2, 0.25) is 10.0 Å². The molecule has 0 amide bonds. The van der Waals surface area contributed by atoms with Crippen molar-refractivity contribution in [2.75, 3.05) is 12.4 Å². The summed E-state index contributed by atoms with van der Waals surface area (Å²) in [6.45, 7) is 2.67. The molecule has 0 bridgehead atoms. The number of hydrogen-bond acceptors (Lipinski definition) is 2. The number of rotatable bonds is 5. The van der Waals surface area contributed by atoms with Crippen LogP contribution >= 0.6 is 23.2 Å². The zero-order valence-corrected chi connectivity index (χ0v) is 13.0. The van der Waals surface area contributed by atoms with Crippen molar-refractivity contribution < 1.29 is 4.74 Å². The van der Waals surface area contributed by atoms with Gasteiger partial charge in [0, 0.05) is 28.9 Å². The molecule has 20 heavy (non-hydrogen) atoms. The van der Waals surface area contributed by atoms with Gasteiger partial charge in [-0.1, -0.05) is 41.4 Å². The minimum Gasteiger partial charge on any atom is -0.380 e. The highest BCUT2D eigenvalue weighted by Gasteiger charge is 2.10. The van der Waals surface area contributed by atoms with E-state index in [-0.39, 0.29) is 6.04 Å². The Kier molecular flexibility index (Phi) is 5.30. The first-order valence-corrected chi connectivity index (χ1v) is 7.15. The van der Waals surface area contributed by atoms with Crippen LogP contribution in [0.3, 0.4) is 0 Å². The summed E-state index contributed by atoms with van der Waals surface area (Å²) in [5, 5.41) is 4.75. The summed E-state index contributed by atoms with van der Waals surface area (Å²) < 4.78 is 5.14. The lowest BCUT2D eigenvalue weighted by molar-refractivity contribution is 0.185. The fraction of sp³-hybridized carbons (Fsp3) is 0.250. The number of benzene rings is 2. The molecule has 0 aliphatic carbocycles. The molecule has 0 aliphatic heterocycles. The van der Waals surface area contributed by atoms with Crippen LogP contribution in [0, 0.1) is 0 Å². The van der Waals surface area contributed by atoms with Gasteiger partial charge in [-0.3, -0.25) is 0 Å². The van der Waals surface area contributed by atoms with E-state index in [1.165, 1.54) is 0 Å². The summed E-state index contributed by atoms with van der Waals surface area (Å²) >= 11 is 12.1. The van der Waals surface area contributed by atoms with Crippen molar-refractivity contribution in [1.82, 2.24) is 0 Å². The Balaban J connectivity index is 2.14. The highest BCUT2D eigenvalue weighted by Crippen LogP contribution is 2.28. The molecule has 4 heteroatoms. The molecule has 1 unspecified atom stereocenters. The van der Waals surface area contributed by atoms with Crippen LogP contribution in [0.1, 0.15) is 24.1 Å². The molecule has 106 valence electrons. The van der Waals surface area contributed by atoms with Crippen LogP contribution in [-0.4, -0.2) is 7.11 Å². The molecule has 0 heterocycles. The van der Waals surface area contributed by atoms with Gasteiger partial charge >= 0.3 is 0 Å². The molecule has 2 nitrogen and oxygen atoms in total. The van der Waals surface area contributed by atoms with Crippen molar-refractivity contribution in [1.29, 1.82) is 0 Å². The smallest absolute Gasteiger partial charge is 0.0713 e. The SMILES string of the molecule is COCc1cccc(NC(C)c2ccc(Cl)cc2Cl)c1. The highest BCUT2D eigenvalue weighted by molar-refractivity contribution is 6.35. The van der Waals surface area contributed by atoms with Gasteiger partial charge in [-0.15, -0.1) is 0 Å². The third-order valence-corrected chi connectivity index (χ3v) is 3.61. The number of hydrogen-bond donors (Lipinski definition) is 1. The summed E-state index contributed by atoms with van der Waals surface area (Å²) in [5.74, 6) is 0. The zero-order chi connectivity index (χ0) is 14.5. The quantitative estimate of drug-likeness (QED) is 0.807. The Morgan fingerprint density at radius 1 is 1.15 bits per heavy atom. The molecule has 2 aromatic carbocycles. The van der Waals surface area contributed by atoms with Crippen LogP contribution < -0.4 is 5.32 Å². The van der Waals surface area contributed by atoms with Gasteiger partial charge in [0.2, 0.25) is 0 Å². The predicted molar refractivity (Wildman–Crippen MR) is 85.7 cm³/mol. The number of nitrogens with one attached hydrogen (secondary N) is 1. The van der Waals surface area contributed by atoms with Gasteiger partial charge in [-0.2, -0.15) is 0 Å². The van der Waals surface area contributed by atoms with Crippen LogP contribution in [0.25, 0.3) is 0 Å². The Morgan fingerprint density at radius 2 is 1.95 bits per heavy atom. The first kappa shape index (κ1) is 15.2. The van der Waals surface area contributed by atoms with Crippen molar-refractivity contribution in [2.45, 2.75) is 19.6 Å². The van der Waals surface area contributed by atoms with Crippen LogP contribution in [0.15, 0.2) is 42.5 Å². The second-order valence-electron chi connectivity index (χ2n) is 4.67. The lowest BCUT2D eigenvalue weighted by atomic mass is 10.1. The number of halogens is 2. The van der Waals surface area contributed by atoms with E-state index in [2.05, 4.69) is 18.3 Å². The molecule has 0 aromatic heterocycles. The van der Waals surface area contributed by atoms with Gasteiger partial charge in [0.15, 0.2) is 0 Å². The number of methoxy groups -OCH3 is 1. The maximum Gasteiger partial charge on any atom is 0.0713 e. The first-order valence-electron chi connectivity index (χ1n) is 6.39. The van der Waals surface area contributed by atoms with E-state index in [1.807, 2.05) is 30.3 Å². The Bertz CT molecular complexity index is 586. The van der Waals surface area contributed by atoms with E-state index in [9.17, 15) is 0 Å². The standard InChI is InChI=1S/C16H17Cl2NO/c1-11(15-7-6-13(17)9-16(15)18)19-14-5-3-4-12(8-14)10-20-2/h3-9,11,19H,10H2,1-2H3. The Labute approximate surface area is 129 Å². The second kappa shape index (κ2) is 6.98. The van der Waals surface area contributed by atoms with Gasteiger partial charge in [-0.25, -0.2) is 0 Å². The largest absolute Gasteiger partial charge is 0.380 e. The van der Waals surface area contributed by atoms with Gasteiger partial charge < -0.3 is 10.1 Å². The van der Waals surface area contributed by atoms with Gasteiger partial charge in [-0.05, 0) is 42.3 Å². The highest BCUT2D eigenvalue weighted by atomic mass is 35.5. The van der Waals surface area contributed by atoms with Crippen LogP contribution in [0.4, 0.5) is 5.69 Å². The fourth-order valence-corrected chi connectivity index (χ4v) is 2.67. The third-order valence-electron chi connectivity index (χ3n) is 3.05. The van der Waals surface area contributed by atoms with Crippen molar-refractivity contribution in [3.8, 4) is 0 Å². The predicted octanol–water partition coefficient (Wildman–Crippen LogP) is 5.31. The second-order valence-corrected chi connectivity index (χ2v) is 5.51. The molecule has 2 aromatic rings. The third kappa shape index (κ3) is 3.89. The minimum absolute atomic E-state index is 0.0950. The molecular weight excluding hydrogens is 293 g/mol. The lowest BCUT2D eigenvalue weighted by Gasteiger charge is -2.17. The molecular formula is C16H17Cl2NO. The van der Waals surface area contributed by atoms with Crippen LogP contribution in [-0.2, 0) is 11.3 Å². The van der Waals surface area contributed by atoms with Gasteiger partial charge in [0.1, 0.15) is 0 Å². The molecule has 0 spiro atoms. The molecule has 2 rings (SSSR count). The van der Waals surface area contributed by atoms with Gasteiger partial charge in [0.25, 0.3) is 0 Å². The van der Waals surface area contributed by atoms with E-state index < -0.39 is 0 Å². The summed E-state index contributed by atoms with van der Waals surface area (Å²) in [4.78, 5) is 0. The van der Waals surface area contributed by atoms with Crippen molar-refractivity contribution >= 4 is 28.9 Å². The van der Waals surface area contributed by atoms with E-state index in [4.69, 9.17) is 27.9 Å². The molecule has 0 aliphatic rings. The van der Waals surface area contributed by atoms with E-state index in [0.29, 0.717) is 16.7 Å². The Hall–Kier alpha value is -1.22. The Morgan fingerprint density at radius 3 is 2.65 bits per heavy atom. The monoisotopic (exact) mass is 309 g/mol. The minimum atomic E-state index is 0.0950. The summed E-state index contributed by atoms with van der Waals surface area (Å²) in [6, 6.07) is 13.8. The maximum absolute atomic E-state index is 6.23. The topological polar surface area (TPSA) is 21.3 Å². The fourth-order valence-electron chi connectivity index (χ4n) is 2.10. The van der Waals surface area contributed by atoms with Crippen LogP contribution in [0.5, 0.6) is 0 Å². The average molecular weight is 310 g/mol. The van der Waals surface area contributed by atoms with E-state index in [1.54, 1.807) is 13.2 Å². The molecule has 1 N–H and O–H groups in total.